The molecule has 0 unspecified atom stereocenters. The second-order valence-corrected chi connectivity index (χ2v) is 7.08. The van der Waals surface area contributed by atoms with E-state index in [0.717, 1.165) is 37.8 Å². The van der Waals surface area contributed by atoms with Crippen molar-refractivity contribution in [1.82, 2.24) is 10.3 Å². The van der Waals surface area contributed by atoms with E-state index in [9.17, 15) is 19.5 Å². The molecule has 6 nitrogen and oxygen atoms in total. The largest absolute Gasteiger partial charge is 0.481 e. The van der Waals surface area contributed by atoms with Crippen molar-refractivity contribution in [3.05, 3.63) is 22.5 Å². The molecular weight excluding hydrogens is 308 g/mol. The van der Waals surface area contributed by atoms with Crippen LogP contribution in [0.25, 0.3) is 0 Å². The summed E-state index contributed by atoms with van der Waals surface area (Å²) in [6.45, 7) is 1.92. The number of aliphatic carboxylic acids is 1. The quantitative estimate of drug-likeness (QED) is 0.789. The molecule has 0 atom stereocenters. The first-order valence-electron chi connectivity index (χ1n) is 8.71. The fourth-order valence-electron chi connectivity index (χ4n) is 4.03. The average Bonchev–Trinajstić information content (AvgIpc) is 2.91. The molecule has 130 valence electrons. The molecule has 1 saturated carbocycles. The molecule has 1 heterocycles. The molecule has 1 aromatic rings. The second-order valence-electron chi connectivity index (χ2n) is 7.08. The predicted molar refractivity (Wildman–Crippen MR) is 88.3 cm³/mol. The lowest BCUT2D eigenvalue weighted by molar-refractivity contribution is -0.150. The van der Waals surface area contributed by atoms with Crippen molar-refractivity contribution in [3.8, 4) is 0 Å². The number of carbonyl (C=O) groups is 3. The van der Waals surface area contributed by atoms with Gasteiger partial charge in [-0.25, -0.2) is 0 Å². The molecule has 1 fully saturated rings. The summed E-state index contributed by atoms with van der Waals surface area (Å²) in [6, 6.07) is 0. The number of ketones is 1. The molecule has 3 N–H and O–H groups in total. The van der Waals surface area contributed by atoms with Gasteiger partial charge in [0.05, 0.1) is 5.41 Å². The number of H-pyrrole nitrogens is 1. The zero-order valence-corrected chi connectivity index (χ0v) is 14.0. The van der Waals surface area contributed by atoms with E-state index in [4.69, 9.17) is 0 Å². The summed E-state index contributed by atoms with van der Waals surface area (Å²) >= 11 is 0. The average molecular weight is 332 g/mol. The Morgan fingerprint density at radius 3 is 2.50 bits per heavy atom. The lowest BCUT2D eigenvalue weighted by Crippen LogP contribution is -2.44. The maximum absolute atomic E-state index is 12.6. The number of aryl methyl sites for hydroxylation is 1. The van der Waals surface area contributed by atoms with Crippen molar-refractivity contribution in [1.29, 1.82) is 0 Å². The van der Waals surface area contributed by atoms with Crippen molar-refractivity contribution in [2.75, 3.05) is 6.54 Å². The number of fused-ring (bicyclic) bond motifs is 1. The molecule has 2 aliphatic carbocycles. The number of carboxylic acid groups (broad SMARTS) is 1. The van der Waals surface area contributed by atoms with Crippen LogP contribution in [0.5, 0.6) is 0 Å². The van der Waals surface area contributed by atoms with Gasteiger partial charge in [-0.1, -0.05) is 19.3 Å². The van der Waals surface area contributed by atoms with Crippen molar-refractivity contribution < 1.29 is 19.5 Å². The van der Waals surface area contributed by atoms with Gasteiger partial charge in [-0.15, -0.1) is 0 Å². The monoisotopic (exact) mass is 332 g/mol. The minimum atomic E-state index is -0.857. The summed E-state index contributed by atoms with van der Waals surface area (Å²) in [5.74, 6) is -1.07. The normalized spacial score (nSPS) is 19.6. The van der Waals surface area contributed by atoms with Crippen LogP contribution in [-0.4, -0.2) is 34.3 Å². The van der Waals surface area contributed by atoms with Crippen molar-refractivity contribution in [2.24, 2.45) is 5.41 Å². The number of rotatable bonds is 4. The first kappa shape index (κ1) is 16.7. The number of carbonyl (C=O) groups excluding carboxylic acids is 2. The smallest absolute Gasteiger partial charge is 0.311 e. The number of carboxylic acids is 1. The number of nitrogens with one attached hydrogen (secondary N) is 2. The number of amides is 1. The molecule has 2 aliphatic rings. The molecule has 0 spiro atoms. The molecular formula is C18H24N2O4. The van der Waals surface area contributed by atoms with Gasteiger partial charge in [-0.3, -0.25) is 14.4 Å². The molecule has 3 rings (SSSR count). The van der Waals surface area contributed by atoms with E-state index in [1.165, 1.54) is 0 Å². The van der Waals surface area contributed by atoms with E-state index in [2.05, 4.69) is 10.3 Å². The molecule has 24 heavy (non-hydrogen) atoms. The number of hydrogen-bond acceptors (Lipinski definition) is 3. The van der Waals surface area contributed by atoms with Crippen LogP contribution in [-0.2, 0) is 11.2 Å². The minimum Gasteiger partial charge on any atom is -0.481 e. The summed E-state index contributed by atoms with van der Waals surface area (Å²) in [4.78, 5) is 39.4. The van der Waals surface area contributed by atoms with Gasteiger partial charge in [0.15, 0.2) is 5.78 Å². The fourth-order valence-corrected chi connectivity index (χ4v) is 4.03. The van der Waals surface area contributed by atoms with Gasteiger partial charge in [-0.2, -0.15) is 0 Å². The number of aromatic nitrogens is 1. The highest BCUT2D eigenvalue weighted by molar-refractivity contribution is 6.04. The van der Waals surface area contributed by atoms with E-state index >= 15 is 0 Å². The molecule has 0 aromatic carbocycles. The van der Waals surface area contributed by atoms with Crippen molar-refractivity contribution >= 4 is 17.7 Å². The second kappa shape index (κ2) is 6.42. The SMILES string of the molecule is Cc1c(C(=O)NCC2(C(=O)O)CCCCC2)[nH]c2c1C(=O)CCC2. The summed E-state index contributed by atoms with van der Waals surface area (Å²) in [7, 11) is 0. The third-order valence-corrected chi connectivity index (χ3v) is 5.52. The lowest BCUT2D eigenvalue weighted by Gasteiger charge is -2.33. The Morgan fingerprint density at radius 2 is 1.88 bits per heavy atom. The Balaban J connectivity index is 1.76. The van der Waals surface area contributed by atoms with Gasteiger partial charge >= 0.3 is 5.97 Å². The molecule has 0 aliphatic heterocycles. The Morgan fingerprint density at radius 1 is 1.17 bits per heavy atom. The van der Waals surface area contributed by atoms with Crippen LogP contribution >= 0.6 is 0 Å². The van der Waals surface area contributed by atoms with E-state index < -0.39 is 11.4 Å². The van der Waals surface area contributed by atoms with Crippen LogP contribution < -0.4 is 5.32 Å². The number of hydrogen-bond donors (Lipinski definition) is 3. The minimum absolute atomic E-state index is 0.0818. The van der Waals surface area contributed by atoms with Gasteiger partial charge < -0.3 is 15.4 Å². The standard InChI is InChI=1S/C18H24N2O4/c1-11-14-12(6-5-7-13(14)21)20-15(11)16(22)19-10-18(17(23)24)8-3-2-4-9-18/h20H,2-10H2,1H3,(H,19,22)(H,23,24). The lowest BCUT2D eigenvalue weighted by atomic mass is 9.74. The fraction of sp³-hybridized carbons (Fsp3) is 0.611. The third-order valence-electron chi connectivity index (χ3n) is 5.52. The molecule has 0 radical (unpaired) electrons. The van der Waals surface area contributed by atoms with E-state index in [1.54, 1.807) is 6.92 Å². The number of Topliss-reactive ketones (excluding diaryl/α,β-unsaturated/α-hetero) is 1. The highest BCUT2D eigenvalue weighted by Gasteiger charge is 2.40. The van der Waals surface area contributed by atoms with Crippen LogP contribution in [0.4, 0.5) is 0 Å². The van der Waals surface area contributed by atoms with E-state index in [-0.39, 0.29) is 18.2 Å². The Bertz CT molecular complexity index is 683. The van der Waals surface area contributed by atoms with E-state index in [0.29, 0.717) is 36.1 Å². The van der Waals surface area contributed by atoms with Crippen LogP contribution in [0.1, 0.15) is 77.0 Å². The summed E-state index contributed by atoms with van der Waals surface area (Å²) in [5, 5.41) is 12.4. The topological polar surface area (TPSA) is 99.3 Å². The molecule has 6 heteroatoms. The van der Waals surface area contributed by atoms with Crippen molar-refractivity contribution in [2.45, 2.75) is 58.3 Å². The van der Waals surface area contributed by atoms with Crippen LogP contribution in [0.2, 0.25) is 0 Å². The molecule has 1 aromatic heterocycles. The van der Waals surface area contributed by atoms with Gasteiger partial charge in [-0.05, 0) is 38.2 Å². The van der Waals surface area contributed by atoms with Gasteiger partial charge in [0.2, 0.25) is 0 Å². The first-order chi connectivity index (χ1) is 11.4. The van der Waals surface area contributed by atoms with Gasteiger partial charge in [0, 0.05) is 24.2 Å². The molecule has 0 bridgehead atoms. The highest BCUT2D eigenvalue weighted by Crippen LogP contribution is 2.36. The third kappa shape index (κ3) is 2.85. The number of aromatic amines is 1. The summed E-state index contributed by atoms with van der Waals surface area (Å²) in [5.41, 5.74) is 1.70. The Hall–Kier alpha value is -2.11. The van der Waals surface area contributed by atoms with Gasteiger partial charge in [0.25, 0.3) is 5.91 Å². The van der Waals surface area contributed by atoms with Crippen molar-refractivity contribution in [3.63, 3.8) is 0 Å². The Labute approximate surface area is 141 Å². The van der Waals surface area contributed by atoms with Crippen LogP contribution in [0.3, 0.4) is 0 Å². The molecule has 0 saturated heterocycles. The van der Waals surface area contributed by atoms with Gasteiger partial charge in [0.1, 0.15) is 5.69 Å². The first-order valence-corrected chi connectivity index (χ1v) is 8.71. The zero-order valence-electron chi connectivity index (χ0n) is 14.0. The Kier molecular flexibility index (Phi) is 4.47. The summed E-state index contributed by atoms with van der Waals surface area (Å²) < 4.78 is 0. The zero-order chi connectivity index (χ0) is 17.3. The molecule has 1 amide bonds. The van der Waals surface area contributed by atoms with Crippen LogP contribution in [0.15, 0.2) is 0 Å². The summed E-state index contributed by atoms with van der Waals surface area (Å²) in [6.07, 6.45) is 6.10. The highest BCUT2D eigenvalue weighted by atomic mass is 16.4. The predicted octanol–water partition coefficient (Wildman–Crippen LogP) is 2.61. The van der Waals surface area contributed by atoms with Crippen LogP contribution in [0, 0.1) is 12.3 Å². The van der Waals surface area contributed by atoms with E-state index in [1.807, 2.05) is 0 Å². The maximum Gasteiger partial charge on any atom is 0.311 e. The maximum atomic E-state index is 12.6.